The van der Waals surface area contributed by atoms with Gasteiger partial charge in [0.15, 0.2) is 0 Å². The summed E-state index contributed by atoms with van der Waals surface area (Å²) in [5.41, 5.74) is 2.47. The first kappa shape index (κ1) is 12.3. The first-order chi connectivity index (χ1) is 7.36. The summed E-state index contributed by atoms with van der Waals surface area (Å²) in [7, 11) is 1.75. The highest BCUT2D eigenvalue weighted by molar-refractivity contribution is 4.84. The number of hydrogen-bond acceptors (Lipinski definition) is 5. The molecule has 0 aromatic heterocycles. The van der Waals surface area contributed by atoms with Gasteiger partial charge in [-0.25, -0.2) is 0 Å². The van der Waals surface area contributed by atoms with Crippen molar-refractivity contribution in [2.24, 2.45) is 5.84 Å². The fourth-order valence-corrected chi connectivity index (χ4v) is 1.78. The van der Waals surface area contributed by atoms with Gasteiger partial charge in [-0.15, -0.1) is 0 Å². The molecule has 1 aliphatic rings. The number of hydrogen-bond donors (Lipinski definition) is 3. The number of ether oxygens (including phenoxy) is 1. The predicted molar refractivity (Wildman–Crippen MR) is 60.9 cm³/mol. The second-order valence-corrected chi connectivity index (χ2v) is 3.78. The maximum atomic E-state index is 5.12. The molecular weight excluding hydrogens is 192 g/mol. The Hall–Kier alpha value is -0.780. The van der Waals surface area contributed by atoms with E-state index in [0.29, 0.717) is 6.04 Å². The van der Waals surface area contributed by atoms with Crippen LogP contribution >= 0.6 is 0 Å². The Labute approximate surface area is 91.6 Å². The second-order valence-electron chi connectivity index (χ2n) is 3.78. The van der Waals surface area contributed by atoms with Gasteiger partial charge in [0, 0.05) is 45.2 Å². The molecule has 1 rings (SSSR count). The lowest BCUT2D eigenvalue weighted by atomic mass is 10.1. The Morgan fingerprint density at radius 1 is 1.40 bits per heavy atom. The van der Waals surface area contributed by atoms with E-state index in [9.17, 15) is 0 Å². The Morgan fingerprint density at radius 3 is 2.73 bits per heavy atom. The molecule has 15 heavy (non-hydrogen) atoms. The lowest BCUT2D eigenvalue weighted by Crippen LogP contribution is -2.42. The van der Waals surface area contributed by atoms with Crippen molar-refractivity contribution in [3.05, 3.63) is 12.4 Å². The first-order valence-corrected chi connectivity index (χ1v) is 5.45. The van der Waals surface area contributed by atoms with Crippen LogP contribution < -0.4 is 16.6 Å². The summed E-state index contributed by atoms with van der Waals surface area (Å²) in [6.45, 7) is 4.16. The van der Waals surface area contributed by atoms with E-state index in [-0.39, 0.29) is 0 Å². The zero-order chi connectivity index (χ0) is 10.9. The molecule has 1 saturated heterocycles. The molecule has 0 amide bonds. The van der Waals surface area contributed by atoms with Crippen LogP contribution in [-0.2, 0) is 4.74 Å². The van der Waals surface area contributed by atoms with Crippen molar-refractivity contribution in [3.63, 3.8) is 0 Å². The van der Waals surface area contributed by atoms with Crippen LogP contribution in [0.1, 0.15) is 12.8 Å². The van der Waals surface area contributed by atoms with Crippen LogP contribution in [0.2, 0.25) is 0 Å². The van der Waals surface area contributed by atoms with Crippen molar-refractivity contribution in [2.45, 2.75) is 18.9 Å². The fraction of sp³-hybridized carbons (Fsp3) is 0.800. The number of nitrogens with two attached hydrogens (primary N) is 1. The van der Waals surface area contributed by atoms with Gasteiger partial charge in [0.05, 0.1) is 6.61 Å². The van der Waals surface area contributed by atoms with Gasteiger partial charge < -0.3 is 20.4 Å². The standard InChI is InChI=1S/C10H22N4O/c1-15-9-8-14-6-2-10(3-7-14)12-4-5-13-11/h4-5,10,12-13H,2-3,6-9,11H2,1H3/b5-4-. The molecule has 0 saturated carbocycles. The molecule has 0 aromatic rings. The molecule has 0 radical (unpaired) electrons. The van der Waals surface area contributed by atoms with Crippen molar-refractivity contribution in [1.82, 2.24) is 15.6 Å². The highest BCUT2D eigenvalue weighted by atomic mass is 16.5. The van der Waals surface area contributed by atoms with E-state index >= 15 is 0 Å². The number of nitrogens with one attached hydrogen (secondary N) is 2. The van der Waals surface area contributed by atoms with Gasteiger partial charge >= 0.3 is 0 Å². The van der Waals surface area contributed by atoms with Crippen LogP contribution in [0, 0.1) is 0 Å². The number of hydrazine groups is 1. The van der Waals surface area contributed by atoms with E-state index in [1.807, 2.05) is 6.20 Å². The summed E-state index contributed by atoms with van der Waals surface area (Å²) >= 11 is 0. The largest absolute Gasteiger partial charge is 0.387 e. The van der Waals surface area contributed by atoms with Crippen LogP contribution in [0.25, 0.3) is 0 Å². The van der Waals surface area contributed by atoms with E-state index < -0.39 is 0 Å². The van der Waals surface area contributed by atoms with E-state index in [4.69, 9.17) is 10.6 Å². The number of nitrogens with zero attached hydrogens (tertiary/aromatic N) is 1. The fourth-order valence-electron chi connectivity index (χ4n) is 1.78. The summed E-state index contributed by atoms with van der Waals surface area (Å²) in [5, 5.41) is 3.32. The number of piperidine rings is 1. The molecule has 5 nitrogen and oxygen atoms in total. The SMILES string of the molecule is COCCN1CCC(N/C=C\NN)CC1. The van der Waals surface area contributed by atoms with Gasteiger partial charge in [-0.05, 0) is 12.8 Å². The van der Waals surface area contributed by atoms with Gasteiger partial charge in [0.2, 0.25) is 0 Å². The lowest BCUT2D eigenvalue weighted by Gasteiger charge is -2.31. The maximum absolute atomic E-state index is 5.12. The molecule has 0 aromatic carbocycles. The third-order valence-corrected chi connectivity index (χ3v) is 2.71. The van der Waals surface area contributed by atoms with Crippen LogP contribution in [0.4, 0.5) is 0 Å². The van der Waals surface area contributed by atoms with E-state index in [2.05, 4.69) is 15.6 Å². The number of likely N-dealkylation sites (tertiary alicyclic amines) is 1. The average molecular weight is 214 g/mol. The Balaban J connectivity index is 2.09. The topological polar surface area (TPSA) is 62.5 Å². The molecule has 1 heterocycles. The van der Waals surface area contributed by atoms with E-state index in [1.165, 1.54) is 12.8 Å². The molecule has 0 aliphatic carbocycles. The van der Waals surface area contributed by atoms with Gasteiger partial charge in [-0.3, -0.25) is 5.84 Å². The molecule has 0 unspecified atom stereocenters. The highest BCUT2D eigenvalue weighted by Crippen LogP contribution is 2.09. The van der Waals surface area contributed by atoms with Crippen LogP contribution in [0.3, 0.4) is 0 Å². The van der Waals surface area contributed by atoms with Crippen LogP contribution in [0.15, 0.2) is 12.4 Å². The molecule has 88 valence electrons. The minimum Gasteiger partial charge on any atom is -0.387 e. The lowest BCUT2D eigenvalue weighted by molar-refractivity contribution is 0.128. The molecule has 1 fully saturated rings. The van der Waals surface area contributed by atoms with Crippen molar-refractivity contribution < 1.29 is 4.74 Å². The van der Waals surface area contributed by atoms with Gasteiger partial charge in [0.25, 0.3) is 0 Å². The molecule has 0 bridgehead atoms. The molecule has 0 spiro atoms. The zero-order valence-corrected chi connectivity index (χ0v) is 9.41. The summed E-state index contributed by atoms with van der Waals surface area (Å²) in [5.74, 6) is 5.12. The second kappa shape index (κ2) is 7.50. The highest BCUT2D eigenvalue weighted by Gasteiger charge is 2.17. The quantitative estimate of drug-likeness (QED) is 0.416. The van der Waals surface area contributed by atoms with Crippen molar-refractivity contribution in [1.29, 1.82) is 0 Å². The third kappa shape index (κ3) is 5.01. The minimum absolute atomic E-state index is 0.577. The third-order valence-electron chi connectivity index (χ3n) is 2.71. The van der Waals surface area contributed by atoms with Crippen LogP contribution in [0.5, 0.6) is 0 Å². The van der Waals surface area contributed by atoms with Gasteiger partial charge in [-0.1, -0.05) is 0 Å². The predicted octanol–water partition coefficient (Wildman–Crippen LogP) is -0.379. The van der Waals surface area contributed by atoms with Gasteiger partial charge in [0.1, 0.15) is 0 Å². The first-order valence-electron chi connectivity index (χ1n) is 5.45. The zero-order valence-electron chi connectivity index (χ0n) is 9.41. The smallest absolute Gasteiger partial charge is 0.0589 e. The Kier molecular flexibility index (Phi) is 6.15. The summed E-state index contributed by atoms with van der Waals surface area (Å²) in [4.78, 5) is 2.44. The van der Waals surface area contributed by atoms with Crippen LogP contribution in [-0.4, -0.2) is 44.3 Å². The number of rotatable bonds is 6. The molecule has 1 aliphatic heterocycles. The number of methoxy groups -OCH3 is 1. The molecular formula is C10H22N4O. The minimum atomic E-state index is 0.577. The Bertz CT molecular complexity index is 178. The monoisotopic (exact) mass is 214 g/mol. The van der Waals surface area contributed by atoms with Crippen molar-refractivity contribution in [2.75, 3.05) is 33.4 Å². The summed E-state index contributed by atoms with van der Waals surface area (Å²) in [6, 6.07) is 0.577. The van der Waals surface area contributed by atoms with Crippen molar-refractivity contribution in [3.8, 4) is 0 Å². The van der Waals surface area contributed by atoms with E-state index in [1.54, 1.807) is 13.3 Å². The molecule has 0 atom stereocenters. The van der Waals surface area contributed by atoms with E-state index in [0.717, 1.165) is 26.2 Å². The van der Waals surface area contributed by atoms with Gasteiger partial charge in [-0.2, -0.15) is 0 Å². The maximum Gasteiger partial charge on any atom is 0.0589 e. The summed E-state index contributed by atoms with van der Waals surface area (Å²) in [6.07, 6.45) is 5.93. The average Bonchev–Trinajstić information content (AvgIpc) is 2.28. The Morgan fingerprint density at radius 2 is 2.13 bits per heavy atom. The normalized spacial score (nSPS) is 19.6. The van der Waals surface area contributed by atoms with Crippen molar-refractivity contribution >= 4 is 0 Å². The molecule has 4 N–H and O–H groups in total. The summed E-state index contributed by atoms with van der Waals surface area (Å²) < 4.78 is 5.06. The molecule has 5 heteroatoms.